The average molecular weight is 216 g/mol. The van der Waals surface area contributed by atoms with Gasteiger partial charge in [-0.15, -0.1) is 11.3 Å². The zero-order valence-corrected chi connectivity index (χ0v) is 8.99. The molecule has 1 heterocycles. The monoisotopic (exact) mass is 216 g/mol. The van der Waals surface area contributed by atoms with Crippen LogP contribution in [0.5, 0.6) is 0 Å². The third-order valence-electron chi connectivity index (χ3n) is 1.62. The van der Waals surface area contributed by atoms with Crippen LogP contribution < -0.4 is 5.73 Å². The van der Waals surface area contributed by atoms with Crippen LogP contribution >= 0.6 is 23.6 Å². The number of hydroxylamine groups is 2. The number of hydrogen-bond acceptors (Lipinski definition) is 3. The maximum atomic E-state index is 9.17. The number of aryl methyl sites for hydroxylation is 1. The second-order valence-corrected chi connectivity index (χ2v) is 4.51. The van der Waals surface area contributed by atoms with E-state index in [2.05, 4.69) is 25.2 Å². The first-order valence-electron chi connectivity index (χ1n) is 3.91. The predicted octanol–water partition coefficient (Wildman–Crippen LogP) is 1.53. The molecule has 0 aliphatic rings. The average Bonchev–Trinajstić information content (AvgIpc) is 2.47. The summed E-state index contributed by atoms with van der Waals surface area (Å²) in [6, 6.07) is 4.11. The molecule has 5 heteroatoms. The molecule has 3 nitrogen and oxygen atoms in total. The van der Waals surface area contributed by atoms with Crippen molar-refractivity contribution in [2.45, 2.75) is 13.3 Å². The Bertz CT molecular complexity index is 298. The van der Waals surface area contributed by atoms with Gasteiger partial charge in [-0.25, -0.2) is 5.06 Å². The summed E-state index contributed by atoms with van der Waals surface area (Å²) in [6.07, 6.45) is 0.770. The molecule has 0 radical (unpaired) electrons. The molecule has 0 saturated carbocycles. The summed E-state index contributed by atoms with van der Waals surface area (Å²) in [5, 5.41) is 10.1. The lowest BCUT2D eigenvalue weighted by molar-refractivity contribution is -0.0115. The molecule has 3 N–H and O–H groups in total. The van der Waals surface area contributed by atoms with Crippen LogP contribution in [0.2, 0.25) is 0 Å². The van der Waals surface area contributed by atoms with Crippen LogP contribution in [-0.2, 0) is 6.42 Å². The molecule has 72 valence electrons. The molecule has 0 bridgehead atoms. The van der Waals surface area contributed by atoms with E-state index >= 15 is 0 Å². The fourth-order valence-corrected chi connectivity index (χ4v) is 1.92. The molecular weight excluding hydrogens is 204 g/mol. The van der Waals surface area contributed by atoms with Gasteiger partial charge in [0.2, 0.25) is 0 Å². The fraction of sp³-hybridized carbons (Fsp3) is 0.375. The lowest BCUT2D eigenvalue weighted by Gasteiger charge is -2.12. The number of thiocarbonyl (C=S) groups is 1. The molecule has 13 heavy (non-hydrogen) atoms. The van der Waals surface area contributed by atoms with Crippen molar-refractivity contribution < 1.29 is 5.21 Å². The van der Waals surface area contributed by atoms with Crippen molar-refractivity contribution in [3.8, 4) is 0 Å². The van der Waals surface area contributed by atoms with Gasteiger partial charge in [0.15, 0.2) is 5.11 Å². The highest BCUT2D eigenvalue weighted by Gasteiger charge is 2.03. The van der Waals surface area contributed by atoms with Crippen LogP contribution in [0, 0.1) is 6.92 Å². The Morgan fingerprint density at radius 1 is 1.69 bits per heavy atom. The van der Waals surface area contributed by atoms with Crippen LogP contribution in [0.15, 0.2) is 12.1 Å². The van der Waals surface area contributed by atoms with Gasteiger partial charge in [-0.05, 0) is 31.3 Å². The van der Waals surface area contributed by atoms with E-state index in [0.29, 0.717) is 6.54 Å². The predicted molar refractivity (Wildman–Crippen MR) is 58.0 cm³/mol. The molecule has 1 aromatic rings. The van der Waals surface area contributed by atoms with E-state index in [-0.39, 0.29) is 5.11 Å². The Morgan fingerprint density at radius 3 is 2.85 bits per heavy atom. The van der Waals surface area contributed by atoms with E-state index in [9.17, 15) is 0 Å². The van der Waals surface area contributed by atoms with Gasteiger partial charge in [0.25, 0.3) is 0 Å². The molecule has 0 amide bonds. The van der Waals surface area contributed by atoms with E-state index in [0.717, 1.165) is 11.5 Å². The summed E-state index contributed by atoms with van der Waals surface area (Å²) in [7, 11) is 0. The lowest BCUT2D eigenvalue weighted by Crippen LogP contribution is -2.33. The summed E-state index contributed by atoms with van der Waals surface area (Å²) in [4.78, 5) is 2.50. The van der Waals surface area contributed by atoms with Crippen LogP contribution in [-0.4, -0.2) is 21.9 Å². The number of nitrogens with two attached hydrogens (primary N) is 1. The summed E-state index contributed by atoms with van der Waals surface area (Å²) in [6.45, 7) is 2.51. The molecule has 0 fully saturated rings. The fourth-order valence-electron chi connectivity index (χ4n) is 0.946. The van der Waals surface area contributed by atoms with E-state index < -0.39 is 0 Å². The molecule has 0 aliphatic carbocycles. The van der Waals surface area contributed by atoms with Gasteiger partial charge in [0.05, 0.1) is 6.54 Å². The smallest absolute Gasteiger partial charge is 0.190 e. The number of nitrogens with zero attached hydrogens (tertiary/aromatic N) is 1. The molecule has 0 atom stereocenters. The standard InChI is InChI=1S/C8H12N2OS2/c1-6-2-3-7(13-6)4-5-10(11)8(9)12/h2-3,11H,4-5H2,1H3,(H2,9,12). The van der Waals surface area contributed by atoms with Crippen molar-refractivity contribution in [2.24, 2.45) is 5.73 Å². The summed E-state index contributed by atoms with van der Waals surface area (Å²) >= 11 is 6.32. The van der Waals surface area contributed by atoms with Crippen molar-refractivity contribution in [3.05, 3.63) is 21.9 Å². The van der Waals surface area contributed by atoms with E-state index in [1.54, 1.807) is 11.3 Å². The summed E-state index contributed by atoms with van der Waals surface area (Å²) in [5.74, 6) is 0. The normalized spacial score (nSPS) is 10.0. The third-order valence-corrected chi connectivity index (χ3v) is 2.89. The maximum absolute atomic E-state index is 9.17. The Kier molecular flexibility index (Phi) is 3.65. The topological polar surface area (TPSA) is 49.5 Å². The summed E-state index contributed by atoms with van der Waals surface area (Å²) in [5.41, 5.74) is 5.22. The minimum absolute atomic E-state index is 0.0216. The Morgan fingerprint density at radius 2 is 2.38 bits per heavy atom. The van der Waals surface area contributed by atoms with Crippen molar-refractivity contribution in [1.82, 2.24) is 5.06 Å². The van der Waals surface area contributed by atoms with Gasteiger partial charge in [-0.1, -0.05) is 0 Å². The first-order valence-corrected chi connectivity index (χ1v) is 5.13. The quantitative estimate of drug-likeness (QED) is 0.594. The highest BCUT2D eigenvalue weighted by molar-refractivity contribution is 7.80. The van der Waals surface area contributed by atoms with E-state index in [1.807, 2.05) is 6.07 Å². The van der Waals surface area contributed by atoms with Crippen LogP contribution in [0.4, 0.5) is 0 Å². The highest BCUT2D eigenvalue weighted by atomic mass is 32.1. The number of rotatable bonds is 3. The van der Waals surface area contributed by atoms with Crippen molar-refractivity contribution >= 4 is 28.7 Å². The van der Waals surface area contributed by atoms with E-state index in [4.69, 9.17) is 10.9 Å². The summed E-state index contributed by atoms with van der Waals surface area (Å²) < 4.78 is 0. The van der Waals surface area contributed by atoms with Gasteiger partial charge in [-0.3, -0.25) is 5.21 Å². The molecule has 0 aromatic carbocycles. The van der Waals surface area contributed by atoms with Gasteiger partial charge in [0.1, 0.15) is 0 Å². The Labute approximate surface area is 86.7 Å². The molecule has 1 rings (SSSR count). The van der Waals surface area contributed by atoms with Gasteiger partial charge in [-0.2, -0.15) is 0 Å². The maximum Gasteiger partial charge on any atom is 0.190 e. The van der Waals surface area contributed by atoms with Gasteiger partial charge in [0, 0.05) is 16.2 Å². The molecule has 0 aliphatic heterocycles. The second kappa shape index (κ2) is 4.55. The zero-order chi connectivity index (χ0) is 9.84. The molecule has 1 aromatic heterocycles. The van der Waals surface area contributed by atoms with Gasteiger partial charge < -0.3 is 5.73 Å². The van der Waals surface area contributed by atoms with Crippen molar-refractivity contribution in [3.63, 3.8) is 0 Å². The lowest BCUT2D eigenvalue weighted by atomic mass is 10.3. The third kappa shape index (κ3) is 3.30. The SMILES string of the molecule is Cc1ccc(CCN(O)C(N)=S)s1. The zero-order valence-electron chi connectivity index (χ0n) is 7.36. The number of thiophene rings is 1. The Balaban J connectivity index is 2.39. The first kappa shape index (κ1) is 10.4. The second-order valence-electron chi connectivity index (χ2n) is 2.72. The van der Waals surface area contributed by atoms with Crippen LogP contribution in [0.1, 0.15) is 9.75 Å². The van der Waals surface area contributed by atoms with Crippen molar-refractivity contribution in [2.75, 3.05) is 6.54 Å². The minimum Gasteiger partial charge on any atom is -0.374 e. The van der Waals surface area contributed by atoms with Crippen LogP contribution in [0.25, 0.3) is 0 Å². The van der Waals surface area contributed by atoms with Crippen molar-refractivity contribution in [1.29, 1.82) is 0 Å². The Hall–Kier alpha value is -0.650. The largest absolute Gasteiger partial charge is 0.374 e. The van der Waals surface area contributed by atoms with E-state index in [1.165, 1.54) is 9.75 Å². The minimum atomic E-state index is 0.0216. The molecule has 0 unspecified atom stereocenters. The first-order chi connectivity index (χ1) is 6.09. The molecule has 0 spiro atoms. The highest BCUT2D eigenvalue weighted by Crippen LogP contribution is 2.15. The van der Waals surface area contributed by atoms with Crippen LogP contribution in [0.3, 0.4) is 0 Å². The molecular formula is C8H12N2OS2. The molecule has 0 saturated heterocycles. The van der Waals surface area contributed by atoms with Gasteiger partial charge >= 0.3 is 0 Å². The number of hydrogen-bond donors (Lipinski definition) is 2.